The molecule has 1 aliphatic rings. The Bertz CT molecular complexity index is 889. The monoisotopic (exact) mass is 410 g/mol. The van der Waals surface area contributed by atoms with Crippen molar-refractivity contribution in [2.75, 3.05) is 38.6 Å². The molecule has 0 aliphatic carbocycles. The van der Waals surface area contributed by atoms with E-state index in [0.29, 0.717) is 18.8 Å². The quantitative estimate of drug-likeness (QED) is 0.739. The smallest absolute Gasteiger partial charge is 0.247 e. The van der Waals surface area contributed by atoms with Gasteiger partial charge >= 0.3 is 0 Å². The van der Waals surface area contributed by atoms with Crippen molar-refractivity contribution in [3.63, 3.8) is 0 Å². The van der Waals surface area contributed by atoms with Crippen LogP contribution in [0.5, 0.6) is 5.75 Å². The lowest BCUT2D eigenvalue weighted by atomic mass is 10.3. The van der Waals surface area contributed by atoms with E-state index in [0.717, 1.165) is 19.6 Å². The Morgan fingerprint density at radius 1 is 1.30 bits per heavy atom. The summed E-state index contributed by atoms with van der Waals surface area (Å²) < 4.78 is 33.1. The van der Waals surface area contributed by atoms with Gasteiger partial charge in [-0.3, -0.25) is 4.79 Å². The zero-order chi connectivity index (χ0) is 19.4. The van der Waals surface area contributed by atoms with E-state index in [1.54, 1.807) is 23.5 Å². The summed E-state index contributed by atoms with van der Waals surface area (Å²) >= 11 is 1.73. The number of sulfonamides is 1. The molecular formula is C18H24N3O4S2+. The summed E-state index contributed by atoms with van der Waals surface area (Å²) in [4.78, 5) is 14.1. The molecule has 0 radical (unpaired) electrons. The second kappa shape index (κ2) is 8.39. The summed E-state index contributed by atoms with van der Waals surface area (Å²) in [5, 5.41) is 4.68. The molecule has 27 heavy (non-hydrogen) atoms. The molecule has 2 aromatic rings. The number of hydrogen-bond donors (Lipinski definition) is 2. The first-order chi connectivity index (χ1) is 12.9. The number of carbonyl (C=O) groups excluding carboxylic acids is 1. The van der Waals surface area contributed by atoms with E-state index in [1.807, 2.05) is 6.07 Å². The average molecular weight is 411 g/mol. The number of nitrogens with zero attached hydrogens (tertiary/aromatic N) is 1. The van der Waals surface area contributed by atoms with E-state index in [1.165, 1.54) is 34.2 Å². The van der Waals surface area contributed by atoms with Crippen molar-refractivity contribution >= 4 is 33.0 Å². The minimum atomic E-state index is -3.70. The van der Waals surface area contributed by atoms with E-state index >= 15 is 0 Å². The maximum atomic E-state index is 13.2. The summed E-state index contributed by atoms with van der Waals surface area (Å²) in [5.74, 6) is 0.0202. The molecule has 0 bridgehead atoms. The van der Waals surface area contributed by atoms with Crippen LogP contribution in [0.15, 0.2) is 40.6 Å². The molecule has 146 valence electrons. The molecule has 0 spiro atoms. The summed E-state index contributed by atoms with van der Waals surface area (Å²) in [6.07, 6.45) is 0. The molecule has 1 aliphatic heterocycles. The topological polar surface area (TPSA) is 80.1 Å². The van der Waals surface area contributed by atoms with Crippen molar-refractivity contribution in [2.45, 2.75) is 18.4 Å². The number of rotatable bonds is 6. The largest absolute Gasteiger partial charge is 0.495 e. The summed E-state index contributed by atoms with van der Waals surface area (Å²) in [5.41, 5.74) is 0.434. The number of ether oxygens (including phenoxy) is 1. The van der Waals surface area contributed by atoms with Crippen molar-refractivity contribution < 1.29 is 22.8 Å². The van der Waals surface area contributed by atoms with Gasteiger partial charge in [-0.2, -0.15) is 4.31 Å². The minimum Gasteiger partial charge on any atom is -0.495 e. The van der Waals surface area contributed by atoms with Gasteiger partial charge in [-0.25, -0.2) is 8.42 Å². The van der Waals surface area contributed by atoms with Crippen LogP contribution >= 0.6 is 11.3 Å². The first-order valence-electron chi connectivity index (χ1n) is 8.72. The van der Waals surface area contributed by atoms with Crippen LogP contribution in [0.25, 0.3) is 0 Å². The number of nitrogens with one attached hydrogen (secondary N) is 2. The Morgan fingerprint density at radius 3 is 2.63 bits per heavy atom. The third-order valence-corrected chi connectivity index (χ3v) is 7.33. The second-order valence-electron chi connectivity index (χ2n) is 6.46. The Morgan fingerprint density at radius 2 is 2.04 bits per heavy atom. The standard InChI is InChI=1S/C18H23N3O4S2/c1-14(22)19-15-5-6-17(25-2)18(12-15)27(23,24)21-9-7-20(8-10-21)13-16-4-3-11-26-16/h3-6,11-12H,7-10,13H2,1-2H3,(H,19,22)/p+1. The van der Waals surface area contributed by atoms with Crippen LogP contribution in [-0.4, -0.2) is 51.9 Å². The van der Waals surface area contributed by atoms with Gasteiger partial charge in [-0.05, 0) is 29.6 Å². The van der Waals surface area contributed by atoms with Crippen molar-refractivity contribution in [2.24, 2.45) is 0 Å². The zero-order valence-electron chi connectivity index (χ0n) is 15.4. The van der Waals surface area contributed by atoms with E-state index in [9.17, 15) is 13.2 Å². The van der Waals surface area contributed by atoms with Gasteiger partial charge < -0.3 is 15.0 Å². The van der Waals surface area contributed by atoms with E-state index in [4.69, 9.17) is 4.74 Å². The highest BCUT2D eigenvalue weighted by Crippen LogP contribution is 2.29. The molecule has 1 aromatic carbocycles. The Kier molecular flexibility index (Phi) is 6.15. The van der Waals surface area contributed by atoms with Crippen LogP contribution in [-0.2, 0) is 21.4 Å². The molecular weight excluding hydrogens is 386 g/mol. The SMILES string of the molecule is COc1ccc(NC(C)=O)cc1S(=O)(=O)N1CC[NH+](Cc2cccs2)CC1. The number of anilines is 1. The van der Waals surface area contributed by atoms with Gasteiger partial charge in [0.05, 0.1) is 38.2 Å². The van der Waals surface area contributed by atoms with Crippen LogP contribution in [0, 0.1) is 0 Å². The molecule has 1 amide bonds. The summed E-state index contributed by atoms with van der Waals surface area (Å²) in [7, 11) is -2.26. The van der Waals surface area contributed by atoms with Crippen molar-refractivity contribution in [1.82, 2.24) is 4.31 Å². The average Bonchev–Trinajstić information content (AvgIpc) is 3.14. The molecule has 1 aromatic heterocycles. The van der Waals surface area contributed by atoms with Gasteiger partial charge in [0.2, 0.25) is 15.9 Å². The summed E-state index contributed by atoms with van der Waals surface area (Å²) in [6, 6.07) is 8.80. The number of quaternary nitrogens is 1. The van der Waals surface area contributed by atoms with Crippen LogP contribution in [0.3, 0.4) is 0 Å². The first-order valence-corrected chi connectivity index (χ1v) is 11.0. The minimum absolute atomic E-state index is 0.0814. The molecule has 0 atom stereocenters. The third-order valence-electron chi connectivity index (χ3n) is 4.54. The third kappa shape index (κ3) is 4.67. The van der Waals surface area contributed by atoms with Gasteiger partial charge in [-0.1, -0.05) is 6.07 Å². The predicted molar refractivity (Wildman–Crippen MR) is 105 cm³/mol. The Hall–Kier alpha value is -1.94. The maximum Gasteiger partial charge on any atom is 0.247 e. The highest BCUT2D eigenvalue weighted by atomic mass is 32.2. The fourth-order valence-corrected chi connectivity index (χ4v) is 5.58. The number of carbonyl (C=O) groups is 1. The number of thiophene rings is 1. The van der Waals surface area contributed by atoms with Gasteiger partial charge in [0, 0.05) is 12.6 Å². The van der Waals surface area contributed by atoms with E-state index in [-0.39, 0.29) is 16.6 Å². The molecule has 0 unspecified atom stereocenters. The fraction of sp³-hybridized carbons (Fsp3) is 0.389. The van der Waals surface area contributed by atoms with Gasteiger partial charge in [0.15, 0.2) is 0 Å². The highest BCUT2D eigenvalue weighted by molar-refractivity contribution is 7.89. The zero-order valence-corrected chi connectivity index (χ0v) is 17.0. The van der Waals surface area contributed by atoms with Crippen LogP contribution in [0.4, 0.5) is 5.69 Å². The lowest BCUT2D eigenvalue weighted by Gasteiger charge is -2.31. The van der Waals surface area contributed by atoms with Crippen LogP contribution < -0.4 is 15.0 Å². The predicted octanol–water partition coefficient (Wildman–Crippen LogP) is 0.804. The number of hydrogen-bond acceptors (Lipinski definition) is 5. The van der Waals surface area contributed by atoms with Gasteiger partial charge in [0.1, 0.15) is 17.2 Å². The first kappa shape index (κ1) is 19.8. The molecule has 0 saturated carbocycles. The van der Waals surface area contributed by atoms with Gasteiger partial charge in [0.25, 0.3) is 0 Å². The van der Waals surface area contributed by atoms with Gasteiger partial charge in [-0.15, -0.1) is 11.3 Å². The fourth-order valence-electron chi connectivity index (χ4n) is 3.18. The van der Waals surface area contributed by atoms with E-state index < -0.39 is 10.0 Å². The summed E-state index contributed by atoms with van der Waals surface area (Å²) in [6.45, 7) is 4.73. The number of methoxy groups -OCH3 is 1. The lowest BCUT2D eigenvalue weighted by molar-refractivity contribution is -0.917. The number of amides is 1. The molecule has 2 N–H and O–H groups in total. The van der Waals surface area contributed by atoms with Crippen LogP contribution in [0.2, 0.25) is 0 Å². The molecule has 1 saturated heterocycles. The van der Waals surface area contributed by atoms with Crippen LogP contribution in [0.1, 0.15) is 11.8 Å². The maximum absolute atomic E-state index is 13.2. The second-order valence-corrected chi connectivity index (χ2v) is 9.40. The molecule has 7 nitrogen and oxygen atoms in total. The molecule has 9 heteroatoms. The molecule has 1 fully saturated rings. The van der Waals surface area contributed by atoms with Crippen molar-refractivity contribution in [3.8, 4) is 5.75 Å². The number of piperazine rings is 1. The Balaban J connectivity index is 1.75. The lowest BCUT2D eigenvalue weighted by Crippen LogP contribution is -3.13. The molecule has 3 rings (SSSR count). The van der Waals surface area contributed by atoms with E-state index in [2.05, 4.69) is 16.8 Å². The Labute approximate surface area is 163 Å². The number of benzene rings is 1. The molecule has 2 heterocycles. The van der Waals surface area contributed by atoms with Crippen molar-refractivity contribution in [1.29, 1.82) is 0 Å². The van der Waals surface area contributed by atoms with Crippen molar-refractivity contribution in [3.05, 3.63) is 40.6 Å². The highest BCUT2D eigenvalue weighted by Gasteiger charge is 2.32. The normalized spacial score (nSPS) is 16.2.